The molecule has 0 aliphatic carbocycles. The molecular formula is C20H21ClN4O2. The number of aryl methyl sites for hydroxylation is 1. The molecule has 0 fully saturated rings. The molecule has 6 nitrogen and oxygen atoms in total. The van der Waals surface area contributed by atoms with Crippen LogP contribution in [0.25, 0.3) is 11.3 Å². The largest absolute Gasteiger partial charge is 0.497 e. The zero-order chi connectivity index (χ0) is 19.2. The van der Waals surface area contributed by atoms with Crippen LogP contribution in [0.2, 0.25) is 0 Å². The highest BCUT2D eigenvalue weighted by molar-refractivity contribution is 6.17. The number of halogens is 1. The van der Waals surface area contributed by atoms with E-state index in [0.717, 1.165) is 28.3 Å². The van der Waals surface area contributed by atoms with Crippen molar-refractivity contribution in [1.29, 1.82) is 0 Å². The molecule has 2 aromatic heterocycles. The van der Waals surface area contributed by atoms with E-state index in [1.165, 1.54) is 4.09 Å². The summed E-state index contributed by atoms with van der Waals surface area (Å²) in [6, 6.07) is 12.9. The highest BCUT2D eigenvalue weighted by atomic mass is 35.5. The number of benzene rings is 1. The van der Waals surface area contributed by atoms with E-state index in [-0.39, 0.29) is 0 Å². The van der Waals surface area contributed by atoms with Gasteiger partial charge in [-0.3, -0.25) is 9.07 Å². The minimum Gasteiger partial charge on any atom is -0.497 e. The number of nitrogens with zero attached hydrogens (tertiary/aromatic N) is 2. The normalized spacial score (nSPS) is 10.4. The van der Waals surface area contributed by atoms with Crippen molar-refractivity contribution in [3.8, 4) is 28.6 Å². The Bertz CT molecular complexity index is 962. The number of hydrogen-bond acceptors (Lipinski definition) is 4. The lowest BCUT2D eigenvalue weighted by Gasteiger charge is -2.05. The zero-order valence-electron chi connectivity index (χ0n) is 15.1. The van der Waals surface area contributed by atoms with Crippen molar-refractivity contribution in [3.63, 3.8) is 0 Å². The first kappa shape index (κ1) is 18.8. The number of aromatic nitrogens is 3. The SMILES string of the molecule is COc1ccc(Oc2cc(-c3c(C)ncccc(CN)cn3Cl)c[nH]2)cc1. The Balaban J connectivity index is 1.96. The molecule has 0 atom stereocenters. The van der Waals surface area contributed by atoms with Crippen LogP contribution >= 0.6 is 11.8 Å². The minimum atomic E-state index is 0.374. The molecule has 0 amide bonds. The van der Waals surface area contributed by atoms with Gasteiger partial charge in [0.05, 0.1) is 18.5 Å². The topological polar surface area (TPSA) is 78.1 Å². The molecule has 0 spiro atoms. The highest BCUT2D eigenvalue weighted by Crippen LogP contribution is 2.29. The molecule has 0 aliphatic heterocycles. The number of rotatable bonds is 5. The predicted octanol–water partition coefficient (Wildman–Crippen LogP) is 4.57. The van der Waals surface area contributed by atoms with Gasteiger partial charge in [0, 0.05) is 48.5 Å². The Morgan fingerprint density at radius 2 is 1.93 bits per heavy atom. The van der Waals surface area contributed by atoms with Crippen LogP contribution in [-0.2, 0) is 6.54 Å². The van der Waals surface area contributed by atoms with Gasteiger partial charge in [0.2, 0.25) is 0 Å². The van der Waals surface area contributed by atoms with Gasteiger partial charge in [0.1, 0.15) is 11.5 Å². The molecule has 0 radical (unpaired) electrons. The standard InChI is InChI=1S/C20H21ClN4O2/c1-14-20(25(21)13-15(11-22)4-3-9-23-14)16-10-19(24-12-16)27-18-7-5-17(26-2)6-8-18/h3-10,12-13,24H,11,22H2,1-2H3. The fourth-order valence-corrected chi connectivity index (χ4v) is 2.93. The molecule has 2 heterocycles. The summed E-state index contributed by atoms with van der Waals surface area (Å²) in [5, 5.41) is 0. The molecule has 0 saturated carbocycles. The van der Waals surface area contributed by atoms with Crippen molar-refractivity contribution >= 4 is 11.8 Å². The smallest absolute Gasteiger partial charge is 0.198 e. The summed E-state index contributed by atoms with van der Waals surface area (Å²) in [5.74, 6) is 2.05. The average molecular weight is 385 g/mol. The average Bonchev–Trinajstić information content (AvgIpc) is 3.14. The number of H-pyrrole nitrogens is 1. The lowest BCUT2D eigenvalue weighted by Crippen LogP contribution is -1.98. The summed E-state index contributed by atoms with van der Waals surface area (Å²) < 4.78 is 12.5. The lowest BCUT2D eigenvalue weighted by molar-refractivity contribution is 0.412. The third kappa shape index (κ3) is 4.61. The third-order valence-corrected chi connectivity index (χ3v) is 4.22. The summed E-state index contributed by atoms with van der Waals surface area (Å²) in [6.07, 6.45) is 5.32. The summed E-state index contributed by atoms with van der Waals surface area (Å²) >= 11 is 6.51. The minimum absolute atomic E-state index is 0.374. The van der Waals surface area contributed by atoms with Crippen LogP contribution < -0.4 is 15.2 Å². The maximum absolute atomic E-state index is 6.51. The molecule has 0 aliphatic rings. The maximum Gasteiger partial charge on any atom is 0.198 e. The second-order valence-electron chi connectivity index (χ2n) is 5.82. The van der Waals surface area contributed by atoms with Crippen LogP contribution in [0.1, 0.15) is 11.3 Å². The summed E-state index contributed by atoms with van der Waals surface area (Å²) in [6.45, 7) is 2.27. The molecule has 140 valence electrons. The van der Waals surface area contributed by atoms with E-state index in [4.69, 9.17) is 27.0 Å². The second kappa shape index (κ2) is 8.62. The van der Waals surface area contributed by atoms with Crippen LogP contribution in [0.5, 0.6) is 17.4 Å². The molecule has 3 N–H and O–H groups in total. The Hall–Kier alpha value is -2.96. The molecule has 0 unspecified atom stereocenters. The van der Waals surface area contributed by atoms with E-state index in [1.807, 2.05) is 55.6 Å². The van der Waals surface area contributed by atoms with Gasteiger partial charge in [0.15, 0.2) is 5.88 Å². The van der Waals surface area contributed by atoms with Gasteiger partial charge < -0.3 is 20.2 Å². The third-order valence-electron chi connectivity index (χ3n) is 3.95. The predicted molar refractivity (Wildman–Crippen MR) is 107 cm³/mol. The molecule has 27 heavy (non-hydrogen) atoms. The number of hydrogen-bond donors (Lipinski definition) is 2. The molecule has 3 aromatic rings. The van der Waals surface area contributed by atoms with E-state index in [9.17, 15) is 0 Å². The van der Waals surface area contributed by atoms with Crippen molar-refractivity contribution in [3.05, 3.63) is 72.3 Å². The van der Waals surface area contributed by atoms with Gasteiger partial charge in [-0.2, -0.15) is 0 Å². The Labute approximate surface area is 163 Å². The van der Waals surface area contributed by atoms with Gasteiger partial charge in [0.25, 0.3) is 0 Å². The van der Waals surface area contributed by atoms with E-state index < -0.39 is 0 Å². The second-order valence-corrected chi connectivity index (χ2v) is 6.19. The van der Waals surface area contributed by atoms with Crippen molar-refractivity contribution in [1.82, 2.24) is 14.1 Å². The number of nitrogens with two attached hydrogens (primary N) is 1. The van der Waals surface area contributed by atoms with Crippen LogP contribution in [0.4, 0.5) is 0 Å². The Morgan fingerprint density at radius 3 is 2.63 bits per heavy atom. The molecule has 3 rings (SSSR count). The first-order valence-electron chi connectivity index (χ1n) is 8.39. The van der Waals surface area contributed by atoms with Crippen molar-refractivity contribution in [2.24, 2.45) is 5.73 Å². The van der Waals surface area contributed by atoms with E-state index in [0.29, 0.717) is 18.2 Å². The summed E-state index contributed by atoms with van der Waals surface area (Å²) in [5.41, 5.74) is 9.00. The van der Waals surface area contributed by atoms with Gasteiger partial charge >= 0.3 is 0 Å². The first-order chi connectivity index (χ1) is 13.1. The van der Waals surface area contributed by atoms with Gasteiger partial charge in [-0.15, -0.1) is 0 Å². The van der Waals surface area contributed by atoms with Gasteiger partial charge in [-0.05, 0) is 42.8 Å². The monoisotopic (exact) mass is 384 g/mol. The van der Waals surface area contributed by atoms with E-state index >= 15 is 0 Å². The summed E-state index contributed by atoms with van der Waals surface area (Å²) in [4.78, 5) is 7.54. The zero-order valence-corrected chi connectivity index (χ0v) is 15.9. The fourth-order valence-electron chi connectivity index (χ4n) is 2.58. The fraction of sp³-hybridized carbons (Fsp3) is 0.150. The Morgan fingerprint density at radius 1 is 1.19 bits per heavy atom. The van der Waals surface area contributed by atoms with E-state index in [2.05, 4.69) is 9.97 Å². The number of nitrogens with one attached hydrogen (secondary N) is 1. The number of ether oxygens (including phenoxy) is 2. The van der Waals surface area contributed by atoms with Crippen LogP contribution in [-0.4, -0.2) is 21.2 Å². The molecular weight excluding hydrogens is 364 g/mol. The number of aromatic amines is 1. The van der Waals surface area contributed by atoms with Crippen LogP contribution in [0, 0.1) is 6.92 Å². The van der Waals surface area contributed by atoms with Crippen LogP contribution in [0.15, 0.2) is 61.1 Å². The van der Waals surface area contributed by atoms with E-state index in [1.54, 1.807) is 19.5 Å². The molecule has 0 saturated heterocycles. The van der Waals surface area contributed by atoms with Crippen LogP contribution in [0.3, 0.4) is 0 Å². The summed E-state index contributed by atoms with van der Waals surface area (Å²) in [7, 11) is 1.63. The molecule has 0 bridgehead atoms. The highest BCUT2D eigenvalue weighted by Gasteiger charge is 2.10. The van der Waals surface area contributed by atoms with Crippen molar-refractivity contribution in [2.75, 3.05) is 7.11 Å². The number of methoxy groups -OCH3 is 1. The first-order valence-corrected chi connectivity index (χ1v) is 8.72. The van der Waals surface area contributed by atoms with Gasteiger partial charge in [-0.25, -0.2) is 0 Å². The lowest BCUT2D eigenvalue weighted by atomic mass is 10.2. The molecule has 1 aromatic carbocycles. The maximum atomic E-state index is 6.51. The van der Waals surface area contributed by atoms with Crippen molar-refractivity contribution < 1.29 is 9.47 Å². The quantitative estimate of drug-likeness (QED) is 0.675. The molecule has 7 heteroatoms. The van der Waals surface area contributed by atoms with Gasteiger partial charge in [-0.1, -0.05) is 6.07 Å². The Kier molecular flexibility index (Phi) is 6.01. The van der Waals surface area contributed by atoms with Crippen molar-refractivity contribution in [2.45, 2.75) is 13.5 Å².